The molecule has 108 valence electrons. The molecule has 1 atom stereocenters. The number of benzene rings is 1. The summed E-state index contributed by atoms with van der Waals surface area (Å²) >= 11 is 0. The monoisotopic (exact) mass is 287 g/mol. The first-order chi connectivity index (χ1) is 10.1. The highest BCUT2D eigenvalue weighted by atomic mass is 16.5. The molecular formula is C14H13N3O4. The summed E-state index contributed by atoms with van der Waals surface area (Å²) in [6.45, 7) is 1.74. The van der Waals surface area contributed by atoms with Gasteiger partial charge in [-0.05, 0) is 19.1 Å². The molecule has 2 heterocycles. The zero-order chi connectivity index (χ0) is 15.0. The number of aryl methyl sites for hydroxylation is 1. The van der Waals surface area contributed by atoms with Gasteiger partial charge < -0.3 is 15.0 Å². The summed E-state index contributed by atoms with van der Waals surface area (Å²) in [4.78, 5) is 25.4. The highest BCUT2D eigenvalue weighted by Gasteiger charge is 2.34. The lowest BCUT2D eigenvalue weighted by molar-refractivity contribution is -0.124. The number of fused-ring (bicyclic) bond motifs is 1. The highest BCUT2D eigenvalue weighted by Crippen LogP contribution is 2.33. The van der Waals surface area contributed by atoms with E-state index >= 15 is 0 Å². The molecule has 1 aliphatic heterocycles. The van der Waals surface area contributed by atoms with Crippen molar-refractivity contribution >= 4 is 17.5 Å². The van der Waals surface area contributed by atoms with Gasteiger partial charge in [0.2, 0.25) is 0 Å². The van der Waals surface area contributed by atoms with E-state index in [0.717, 1.165) is 0 Å². The fourth-order valence-corrected chi connectivity index (χ4v) is 2.18. The van der Waals surface area contributed by atoms with Crippen LogP contribution in [0.5, 0.6) is 5.75 Å². The Balaban J connectivity index is 2.00. The second-order valence-corrected chi connectivity index (χ2v) is 4.72. The van der Waals surface area contributed by atoms with E-state index in [1.54, 1.807) is 37.3 Å². The quantitative estimate of drug-likeness (QED) is 0.883. The summed E-state index contributed by atoms with van der Waals surface area (Å²) in [5.41, 5.74) is 6.04. The SMILES string of the molecule is Cc1cc(C(=O)N2CC(C(N)=O)Oc3ccccc32)no1. The summed E-state index contributed by atoms with van der Waals surface area (Å²) in [6, 6.07) is 8.49. The summed E-state index contributed by atoms with van der Waals surface area (Å²) in [5.74, 6) is -0.0278. The van der Waals surface area contributed by atoms with Crippen molar-refractivity contribution < 1.29 is 18.8 Å². The van der Waals surface area contributed by atoms with Gasteiger partial charge in [0, 0.05) is 6.07 Å². The van der Waals surface area contributed by atoms with Crippen molar-refractivity contribution in [2.24, 2.45) is 5.73 Å². The van der Waals surface area contributed by atoms with Crippen molar-refractivity contribution in [3.63, 3.8) is 0 Å². The third-order valence-electron chi connectivity index (χ3n) is 3.18. The van der Waals surface area contributed by atoms with Gasteiger partial charge in [0.05, 0.1) is 12.2 Å². The largest absolute Gasteiger partial charge is 0.477 e. The Kier molecular flexibility index (Phi) is 3.09. The molecule has 2 aromatic rings. The zero-order valence-electron chi connectivity index (χ0n) is 11.3. The van der Waals surface area contributed by atoms with Crippen molar-refractivity contribution in [1.29, 1.82) is 0 Å². The van der Waals surface area contributed by atoms with Crippen molar-refractivity contribution in [1.82, 2.24) is 5.16 Å². The van der Waals surface area contributed by atoms with Crippen LogP contribution in [0, 0.1) is 6.92 Å². The van der Waals surface area contributed by atoms with Crippen LogP contribution in [0.15, 0.2) is 34.9 Å². The Hall–Kier alpha value is -2.83. The Labute approximate surface area is 120 Å². The van der Waals surface area contributed by atoms with Gasteiger partial charge in [0.15, 0.2) is 11.8 Å². The van der Waals surface area contributed by atoms with Crippen molar-refractivity contribution in [2.45, 2.75) is 13.0 Å². The minimum Gasteiger partial charge on any atom is -0.477 e. The molecule has 1 aromatic heterocycles. The average molecular weight is 287 g/mol. The van der Waals surface area contributed by atoms with Gasteiger partial charge >= 0.3 is 0 Å². The molecule has 3 rings (SSSR count). The summed E-state index contributed by atoms with van der Waals surface area (Å²) in [5, 5.41) is 3.71. The molecule has 2 N–H and O–H groups in total. The van der Waals surface area contributed by atoms with Gasteiger partial charge in [-0.3, -0.25) is 14.5 Å². The number of amides is 2. The Morgan fingerprint density at radius 2 is 2.14 bits per heavy atom. The van der Waals surface area contributed by atoms with Gasteiger partial charge in [-0.1, -0.05) is 17.3 Å². The first-order valence-corrected chi connectivity index (χ1v) is 6.36. The van der Waals surface area contributed by atoms with Crippen molar-refractivity contribution in [3.05, 3.63) is 41.8 Å². The van der Waals surface area contributed by atoms with Crippen LogP contribution >= 0.6 is 0 Å². The third-order valence-corrected chi connectivity index (χ3v) is 3.18. The molecule has 1 aromatic carbocycles. The average Bonchev–Trinajstić information content (AvgIpc) is 2.92. The van der Waals surface area contributed by atoms with Crippen LogP contribution in [0.3, 0.4) is 0 Å². The van der Waals surface area contributed by atoms with Crippen LogP contribution in [0.1, 0.15) is 16.2 Å². The fourth-order valence-electron chi connectivity index (χ4n) is 2.18. The first kappa shape index (κ1) is 13.2. The number of rotatable bonds is 2. The molecule has 0 radical (unpaired) electrons. The normalized spacial score (nSPS) is 17.0. The molecule has 7 heteroatoms. The van der Waals surface area contributed by atoms with Crippen molar-refractivity contribution in [2.75, 3.05) is 11.4 Å². The standard InChI is InChI=1S/C14H13N3O4/c1-8-6-9(16-21-8)14(19)17-7-12(13(15)18)20-11-5-3-2-4-10(11)17/h2-6,12H,7H2,1H3,(H2,15,18). The fraction of sp³-hybridized carbons (Fsp3) is 0.214. The van der Waals surface area contributed by atoms with E-state index in [9.17, 15) is 9.59 Å². The highest BCUT2D eigenvalue weighted by molar-refractivity contribution is 6.06. The summed E-state index contributed by atoms with van der Waals surface area (Å²) in [6.07, 6.45) is -0.892. The molecule has 2 amide bonds. The van der Waals surface area contributed by atoms with E-state index in [1.165, 1.54) is 4.90 Å². The van der Waals surface area contributed by atoms with Crippen LogP contribution < -0.4 is 15.4 Å². The van der Waals surface area contributed by atoms with Gasteiger partial charge in [-0.2, -0.15) is 0 Å². The molecule has 0 bridgehead atoms. The number of hydrogen-bond acceptors (Lipinski definition) is 5. The van der Waals surface area contributed by atoms with E-state index < -0.39 is 12.0 Å². The van der Waals surface area contributed by atoms with Crippen LogP contribution in [-0.2, 0) is 4.79 Å². The zero-order valence-corrected chi connectivity index (χ0v) is 11.3. The van der Waals surface area contributed by atoms with E-state index in [4.69, 9.17) is 15.0 Å². The number of anilines is 1. The van der Waals surface area contributed by atoms with E-state index in [1.807, 2.05) is 0 Å². The number of carbonyl (C=O) groups is 2. The maximum Gasteiger partial charge on any atom is 0.280 e. The molecular weight excluding hydrogens is 274 g/mol. The van der Waals surface area contributed by atoms with E-state index in [-0.39, 0.29) is 18.1 Å². The minimum absolute atomic E-state index is 0.0388. The minimum atomic E-state index is -0.892. The van der Waals surface area contributed by atoms with Crippen LogP contribution in [0.4, 0.5) is 5.69 Å². The topological polar surface area (TPSA) is 98.7 Å². The molecule has 0 fully saturated rings. The lowest BCUT2D eigenvalue weighted by Crippen LogP contribution is -2.49. The molecule has 0 aliphatic carbocycles. The van der Waals surface area contributed by atoms with Crippen LogP contribution in [-0.4, -0.2) is 29.6 Å². The van der Waals surface area contributed by atoms with Crippen LogP contribution in [0.25, 0.3) is 0 Å². The lowest BCUT2D eigenvalue weighted by atomic mass is 10.1. The van der Waals surface area contributed by atoms with Gasteiger partial charge in [-0.25, -0.2) is 0 Å². The Morgan fingerprint density at radius 3 is 2.81 bits per heavy atom. The van der Waals surface area contributed by atoms with E-state index in [0.29, 0.717) is 17.2 Å². The van der Waals surface area contributed by atoms with Crippen molar-refractivity contribution in [3.8, 4) is 5.75 Å². The van der Waals surface area contributed by atoms with E-state index in [2.05, 4.69) is 5.16 Å². The molecule has 7 nitrogen and oxygen atoms in total. The molecule has 0 saturated heterocycles. The smallest absolute Gasteiger partial charge is 0.280 e. The number of ether oxygens (including phenoxy) is 1. The molecule has 1 unspecified atom stereocenters. The maximum atomic E-state index is 12.5. The molecule has 0 saturated carbocycles. The predicted molar refractivity (Wildman–Crippen MR) is 73.0 cm³/mol. The van der Waals surface area contributed by atoms with Gasteiger partial charge in [0.25, 0.3) is 11.8 Å². The molecule has 1 aliphatic rings. The summed E-state index contributed by atoms with van der Waals surface area (Å²) in [7, 11) is 0. The number of aromatic nitrogens is 1. The second-order valence-electron chi connectivity index (χ2n) is 4.72. The number of carbonyl (C=O) groups excluding carboxylic acids is 2. The summed E-state index contributed by atoms with van der Waals surface area (Å²) < 4.78 is 10.4. The number of nitrogens with two attached hydrogens (primary N) is 1. The number of primary amides is 1. The Bertz CT molecular complexity index is 710. The lowest BCUT2D eigenvalue weighted by Gasteiger charge is -2.32. The first-order valence-electron chi connectivity index (χ1n) is 6.36. The van der Waals surface area contributed by atoms with Crippen LogP contribution in [0.2, 0.25) is 0 Å². The second kappa shape index (κ2) is 4.93. The number of nitrogens with zero attached hydrogens (tertiary/aromatic N) is 2. The maximum absolute atomic E-state index is 12.5. The van der Waals surface area contributed by atoms with Gasteiger partial charge in [0.1, 0.15) is 11.5 Å². The Morgan fingerprint density at radius 1 is 1.38 bits per heavy atom. The number of para-hydroxylation sites is 2. The molecule has 21 heavy (non-hydrogen) atoms. The van der Waals surface area contributed by atoms with Gasteiger partial charge in [-0.15, -0.1) is 0 Å². The number of hydrogen-bond donors (Lipinski definition) is 1. The molecule has 0 spiro atoms. The third kappa shape index (κ3) is 2.33. The predicted octanol–water partition coefficient (Wildman–Crippen LogP) is 0.876.